The van der Waals surface area contributed by atoms with E-state index in [9.17, 15) is 0 Å². The number of nitrogens with zero attached hydrogens (tertiary/aromatic N) is 1. The Bertz CT molecular complexity index is 764. The Kier molecular flexibility index (Phi) is 3.24. The van der Waals surface area contributed by atoms with E-state index in [1.807, 2.05) is 30.6 Å². The molecule has 3 aromatic rings. The van der Waals surface area contributed by atoms with E-state index in [1.54, 1.807) is 10.4 Å². The van der Waals surface area contributed by atoms with E-state index < -0.39 is 0 Å². The number of hydrogen-bond donors (Lipinski definition) is 1. The summed E-state index contributed by atoms with van der Waals surface area (Å²) in [6.07, 6.45) is 5.69. The Morgan fingerprint density at radius 2 is 2.14 bits per heavy atom. The van der Waals surface area contributed by atoms with Gasteiger partial charge in [-0.1, -0.05) is 18.2 Å². The van der Waals surface area contributed by atoms with E-state index in [-0.39, 0.29) is 6.04 Å². The molecule has 0 fully saturated rings. The highest BCUT2D eigenvalue weighted by molar-refractivity contribution is 7.12. The molecule has 21 heavy (non-hydrogen) atoms. The van der Waals surface area contributed by atoms with Crippen LogP contribution in [0, 0.1) is 0 Å². The summed E-state index contributed by atoms with van der Waals surface area (Å²) < 4.78 is 0. The van der Waals surface area contributed by atoms with E-state index in [0.29, 0.717) is 0 Å². The summed E-state index contributed by atoms with van der Waals surface area (Å²) in [5.41, 5.74) is 3.95. The largest absolute Gasteiger partial charge is 0.309 e. The van der Waals surface area contributed by atoms with Gasteiger partial charge in [-0.2, -0.15) is 0 Å². The predicted molar refractivity (Wildman–Crippen MR) is 89.0 cm³/mol. The third-order valence-electron chi connectivity index (χ3n) is 4.33. The summed E-state index contributed by atoms with van der Waals surface area (Å²) in [5.74, 6) is 0. The molecule has 2 nitrogen and oxygen atoms in total. The number of benzene rings is 1. The van der Waals surface area contributed by atoms with Crippen molar-refractivity contribution in [2.24, 2.45) is 0 Å². The highest BCUT2D eigenvalue weighted by Gasteiger charge is 2.21. The van der Waals surface area contributed by atoms with Crippen molar-refractivity contribution in [2.75, 3.05) is 7.05 Å². The standard InChI is InChI=1S/C18H18N2S/c1-19-18(17-11-12-5-2-9-16(12)21-17)14-6-3-8-15-13(14)7-4-10-20-15/h3-4,6-8,10-11,18-19H,2,5,9H2,1H3. The van der Waals surface area contributed by atoms with Crippen molar-refractivity contribution in [3.63, 3.8) is 0 Å². The van der Waals surface area contributed by atoms with Crippen LogP contribution in [0.1, 0.15) is 33.3 Å². The molecular formula is C18H18N2S. The zero-order chi connectivity index (χ0) is 14.2. The fraction of sp³-hybridized carbons (Fsp3) is 0.278. The molecule has 3 heteroatoms. The van der Waals surface area contributed by atoms with Gasteiger partial charge in [-0.25, -0.2) is 0 Å². The van der Waals surface area contributed by atoms with Crippen LogP contribution in [-0.2, 0) is 12.8 Å². The molecule has 0 spiro atoms. The number of thiophene rings is 1. The Morgan fingerprint density at radius 1 is 1.19 bits per heavy atom. The zero-order valence-electron chi connectivity index (χ0n) is 12.1. The fourth-order valence-corrected chi connectivity index (χ4v) is 4.71. The molecule has 0 saturated heterocycles. The lowest BCUT2D eigenvalue weighted by Gasteiger charge is -2.17. The van der Waals surface area contributed by atoms with Crippen molar-refractivity contribution in [1.29, 1.82) is 0 Å². The van der Waals surface area contributed by atoms with E-state index >= 15 is 0 Å². The SMILES string of the molecule is CNC(c1cc2c(s1)CCC2)c1cccc2ncccc12. The number of aryl methyl sites for hydroxylation is 2. The molecule has 0 radical (unpaired) electrons. The van der Waals surface area contributed by atoms with Crippen LogP contribution in [0.25, 0.3) is 10.9 Å². The number of rotatable bonds is 3. The minimum Gasteiger partial charge on any atom is -0.309 e. The molecule has 1 aliphatic rings. The van der Waals surface area contributed by atoms with Crippen LogP contribution in [0.4, 0.5) is 0 Å². The van der Waals surface area contributed by atoms with E-state index in [4.69, 9.17) is 0 Å². The predicted octanol–water partition coefficient (Wildman–Crippen LogP) is 4.09. The van der Waals surface area contributed by atoms with Crippen molar-refractivity contribution in [3.05, 3.63) is 63.5 Å². The molecule has 1 aromatic carbocycles. The first-order chi connectivity index (χ1) is 10.4. The molecule has 4 rings (SSSR count). The van der Waals surface area contributed by atoms with Crippen LogP contribution in [0.2, 0.25) is 0 Å². The van der Waals surface area contributed by atoms with Crippen LogP contribution in [0.15, 0.2) is 42.6 Å². The summed E-state index contributed by atoms with van der Waals surface area (Å²) >= 11 is 1.98. The molecule has 0 bridgehead atoms. The van der Waals surface area contributed by atoms with Crippen molar-refractivity contribution in [3.8, 4) is 0 Å². The van der Waals surface area contributed by atoms with E-state index in [2.05, 4.69) is 40.6 Å². The molecular weight excluding hydrogens is 276 g/mol. The molecule has 0 aliphatic heterocycles. The molecule has 0 saturated carbocycles. The molecule has 106 valence electrons. The van der Waals surface area contributed by atoms with Crippen molar-refractivity contribution >= 4 is 22.2 Å². The maximum absolute atomic E-state index is 4.48. The topological polar surface area (TPSA) is 24.9 Å². The van der Waals surface area contributed by atoms with Crippen LogP contribution in [0.3, 0.4) is 0 Å². The van der Waals surface area contributed by atoms with Gasteiger partial charge in [0.15, 0.2) is 0 Å². The maximum atomic E-state index is 4.48. The molecule has 1 N–H and O–H groups in total. The van der Waals surface area contributed by atoms with Gasteiger partial charge in [-0.3, -0.25) is 4.98 Å². The fourth-order valence-electron chi connectivity index (χ4n) is 3.32. The second kappa shape index (κ2) is 5.24. The van der Waals surface area contributed by atoms with Gasteiger partial charge in [0.2, 0.25) is 0 Å². The van der Waals surface area contributed by atoms with Crippen LogP contribution < -0.4 is 5.32 Å². The highest BCUT2D eigenvalue weighted by atomic mass is 32.1. The van der Waals surface area contributed by atoms with Gasteiger partial charge >= 0.3 is 0 Å². The van der Waals surface area contributed by atoms with Crippen molar-refractivity contribution in [2.45, 2.75) is 25.3 Å². The summed E-state index contributed by atoms with van der Waals surface area (Å²) in [4.78, 5) is 7.49. The van der Waals surface area contributed by atoms with Gasteiger partial charge in [0, 0.05) is 21.3 Å². The second-order valence-corrected chi connectivity index (χ2v) is 6.76. The average molecular weight is 294 g/mol. The summed E-state index contributed by atoms with van der Waals surface area (Å²) in [7, 11) is 2.05. The van der Waals surface area contributed by atoms with Gasteiger partial charge < -0.3 is 5.32 Å². The van der Waals surface area contributed by atoms with Gasteiger partial charge in [-0.15, -0.1) is 11.3 Å². The zero-order valence-corrected chi connectivity index (χ0v) is 12.9. The molecule has 2 heterocycles. The smallest absolute Gasteiger partial charge is 0.0705 e. The van der Waals surface area contributed by atoms with Crippen LogP contribution >= 0.6 is 11.3 Å². The van der Waals surface area contributed by atoms with Crippen molar-refractivity contribution in [1.82, 2.24) is 10.3 Å². The normalized spacial score (nSPS) is 15.3. The average Bonchev–Trinajstić information content (AvgIpc) is 3.10. The molecule has 0 amide bonds. The number of nitrogens with one attached hydrogen (secondary N) is 1. The molecule has 1 atom stereocenters. The Hall–Kier alpha value is -1.71. The Balaban J connectivity index is 1.84. The van der Waals surface area contributed by atoms with Gasteiger partial charge in [0.05, 0.1) is 11.6 Å². The quantitative estimate of drug-likeness (QED) is 0.787. The third kappa shape index (κ3) is 2.17. The summed E-state index contributed by atoms with van der Waals surface area (Å²) in [6.45, 7) is 0. The highest BCUT2D eigenvalue weighted by Crippen LogP contribution is 2.37. The Labute approximate surface area is 128 Å². The van der Waals surface area contributed by atoms with E-state index in [0.717, 1.165) is 5.52 Å². The number of pyridine rings is 1. The lowest BCUT2D eigenvalue weighted by molar-refractivity contribution is 0.708. The number of hydrogen-bond acceptors (Lipinski definition) is 3. The monoisotopic (exact) mass is 294 g/mol. The second-order valence-electron chi connectivity index (χ2n) is 5.59. The molecule has 1 unspecified atom stereocenters. The first-order valence-electron chi connectivity index (χ1n) is 7.49. The van der Waals surface area contributed by atoms with E-state index in [1.165, 1.54) is 35.1 Å². The first kappa shape index (κ1) is 13.0. The number of aromatic nitrogens is 1. The van der Waals surface area contributed by atoms with Gasteiger partial charge in [-0.05, 0) is 55.6 Å². The molecule has 1 aliphatic carbocycles. The summed E-state index contributed by atoms with van der Waals surface area (Å²) in [5, 5.41) is 4.74. The lowest BCUT2D eigenvalue weighted by atomic mass is 9.99. The number of fused-ring (bicyclic) bond motifs is 2. The third-order valence-corrected chi connectivity index (χ3v) is 5.63. The minimum atomic E-state index is 0.258. The van der Waals surface area contributed by atoms with Gasteiger partial charge in [0.1, 0.15) is 0 Å². The van der Waals surface area contributed by atoms with Gasteiger partial charge in [0.25, 0.3) is 0 Å². The lowest BCUT2D eigenvalue weighted by Crippen LogP contribution is -2.17. The van der Waals surface area contributed by atoms with Crippen molar-refractivity contribution < 1.29 is 0 Å². The Morgan fingerprint density at radius 3 is 3.00 bits per heavy atom. The van der Waals surface area contributed by atoms with Crippen LogP contribution in [0.5, 0.6) is 0 Å². The molecule has 2 aromatic heterocycles. The summed E-state index contributed by atoms with van der Waals surface area (Å²) in [6, 6.07) is 13.3. The minimum absolute atomic E-state index is 0.258. The first-order valence-corrected chi connectivity index (χ1v) is 8.31. The maximum Gasteiger partial charge on any atom is 0.0705 e. The van der Waals surface area contributed by atoms with Crippen LogP contribution in [-0.4, -0.2) is 12.0 Å².